The molecule has 7 rings (SSSR count). The largest absolute Gasteiger partial charge is 0.457 e. The first-order valence-electron chi connectivity index (χ1n) is 19.1. The highest BCUT2D eigenvalue weighted by Gasteiger charge is 2.40. The van der Waals surface area contributed by atoms with E-state index < -0.39 is 98.7 Å². The molecule has 342 valence electrons. The summed E-state index contributed by atoms with van der Waals surface area (Å²) < 4.78 is 177. The number of hydrogen-bond donors (Lipinski definition) is 0. The van der Waals surface area contributed by atoms with E-state index in [1.165, 1.54) is 46.9 Å². The van der Waals surface area contributed by atoms with Gasteiger partial charge in [0, 0.05) is 19.2 Å². The van der Waals surface area contributed by atoms with Crippen molar-refractivity contribution in [2.24, 2.45) is 0 Å². The fraction of sp³-hybridized carbons (Fsp3) is 0.381. The Morgan fingerprint density at radius 3 is 0.984 bits per heavy atom. The quantitative estimate of drug-likeness (QED) is 0.0774. The van der Waals surface area contributed by atoms with E-state index in [2.05, 4.69) is 0 Å². The van der Waals surface area contributed by atoms with Gasteiger partial charge in [0.05, 0.1) is 0 Å². The SMILES string of the molecule is O=C(CC(F)(F)F)OC1CCC(OC(=O)CC(F)(F)F)c2cc(-c3cc4cc5sc(-c6ccc7c(c6)C(OC(=O)CC(F)(F)F)CCC7OC(=O)CC(F)(F)F)cc5cc4s3)ccc21. The van der Waals surface area contributed by atoms with E-state index in [1.54, 1.807) is 24.3 Å². The monoisotopic (exact) mass is 954 g/mol. The van der Waals surface area contributed by atoms with E-state index in [0.29, 0.717) is 20.9 Å². The summed E-state index contributed by atoms with van der Waals surface area (Å²) in [5.74, 6) is -6.27. The topological polar surface area (TPSA) is 105 Å². The lowest BCUT2D eigenvalue weighted by Crippen LogP contribution is -2.26. The summed E-state index contributed by atoms with van der Waals surface area (Å²) in [6, 6.07) is 16.4. The molecule has 64 heavy (non-hydrogen) atoms. The zero-order chi connectivity index (χ0) is 46.5. The average Bonchev–Trinajstić information content (AvgIpc) is 3.76. The molecule has 4 unspecified atom stereocenters. The molecule has 8 nitrogen and oxygen atoms in total. The molecule has 5 aromatic rings. The number of thiophene rings is 2. The van der Waals surface area contributed by atoms with Crippen LogP contribution in [0.2, 0.25) is 0 Å². The number of esters is 4. The number of halogens is 12. The van der Waals surface area contributed by atoms with E-state index in [1.807, 2.05) is 12.1 Å². The number of benzene rings is 3. The van der Waals surface area contributed by atoms with Gasteiger partial charge in [0.1, 0.15) is 50.1 Å². The smallest absolute Gasteiger partial charge is 0.399 e. The highest BCUT2D eigenvalue weighted by Crippen LogP contribution is 2.47. The number of rotatable bonds is 10. The van der Waals surface area contributed by atoms with Crippen molar-refractivity contribution in [1.82, 2.24) is 0 Å². The second-order valence-electron chi connectivity index (χ2n) is 15.1. The number of ether oxygens (including phenoxy) is 4. The van der Waals surface area contributed by atoms with Crippen LogP contribution in [-0.4, -0.2) is 48.6 Å². The Kier molecular flexibility index (Phi) is 12.8. The predicted molar refractivity (Wildman–Crippen MR) is 205 cm³/mol. The number of fused-ring (bicyclic) bond motifs is 4. The van der Waals surface area contributed by atoms with Crippen LogP contribution in [0.4, 0.5) is 52.7 Å². The number of carbonyl (C=O) groups is 4. The van der Waals surface area contributed by atoms with Gasteiger partial charge in [-0.15, -0.1) is 22.7 Å². The van der Waals surface area contributed by atoms with Gasteiger partial charge in [0.2, 0.25) is 0 Å². The van der Waals surface area contributed by atoms with Crippen LogP contribution < -0.4 is 0 Å². The molecule has 0 spiro atoms. The maximum Gasteiger partial charge on any atom is 0.399 e. The third-order valence-electron chi connectivity index (χ3n) is 10.1. The van der Waals surface area contributed by atoms with Crippen molar-refractivity contribution in [2.75, 3.05) is 0 Å². The van der Waals surface area contributed by atoms with Gasteiger partial charge in [-0.25, -0.2) is 0 Å². The summed E-state index contributed by atoms with van der Waals surface area (Å²) in [7, 11) is 0. The Morgan fingerprint density at radius 2 is 0.703 bits per heavy atom. The predicted octanol–water partition coefficient (Wildman–Crippen LogP) is 13.2. The molecule has 2 aliphatic rings. The molecule has 0 saturated carbocycles. The summed E-state index contributed by atoms with van der Waals surface area (Å²) >= 11 is 2.59. The van der Waals surface area contributed by atoms with Gasteiger partial charge in [-0.2, -0.15) is 52.7 Å². The molecule has 0 fully saturated rings. The van der Waals surface area contributed by atoms with Crippen molar-refractivity contribution in [1.29, 1.82) is 0 Å². The summed E-state index contributed by atoms with van der Waals surface area (Å²) in [5.41, 5.74) is 1.64. The van der Waals surface area contributed by atoms with Gasteiger partial charge >= 0.3 is 48.6 Å². The maximum absolute atomic E-state index is 13.0. The number of alkyl halides is 12. The summed E-state index contributed by atoms with van der Waals surface area (Å²) in [6.45, 7) is 0. The van der Waals surface area contributed by atoms with Crippen LogP contribution in [-0.2, 0) is 38.1 Å². The van der Waals surface area contributed by atoms with Gasteiger partial charge in [-0.3, -0.25) is 19.2 Å². The third-order valence-corrected chi connectivity index (χ3v) is 12.4. The Hall–Kier alpha value is -5.38. The lowest BCUT2D eigenvalue weighted by Gasteiger charge is -2.31. The van der Waals surface area contributed by atoms with Crippen molar-refractivity contribution in [3.05, 3.63) is 82.9 Å². The van der Waals surface area contributed by atoms with E-state index >= 15 is 0 Å². The lowest BCUT2D eigenvalue weighted by atomic mass is 9.85. The second kappa shape index (κ2) is 17.5. The Balaban J connectivity index is 1.18. The van der Waals surface area contributed by atoms with Crippen LogP contribution in [0.15, 0.2) is 60.7 Å². The van der Waals surface area contributed by atoms with Gasteiger partial charge in [-0.05, 0) is 106 Å². The first-order valence-corrected chi connectivity index (χ1v) is 20.7. The van der Waals surface area contributed by atoms with Crippen molar-refractivity contribution < 1.29 is 90.8 Å². The molecule has 2 aliphatic carbocycles. The molecule has 22 heteroatoms. The van der Waals surface area contributed by atoms with Crippen molar-refractivity contribution in [2.45, 2.75) is 100 Å². The van der Waals surface area contributed by atoms with Crippen LogP contribution >= 0.6 is 22.7 Å². The van der Waals surface area contributed by atoms with E-state index in [4.69, 9.17) is 18.9 Å². The Bertz CT molecular complexity index is 2380. The Labute approximate surface area is 361 Å². The molecule has 0 N–H and O–H groups in total. The minimum atomic E-state index is -4.87. The van der Waals surface area contributed by atoms with Crippen LogP contribution in [0.25, 0.3) is 41.1 Å². The van der Waals surface area contributed by atoms with E-state index in [-0.39, 0.29) is 47.9 Å². The molecule has 0 saturated heterocycles. The molecule has 0 bridgehead atoms. The molecule has 3 aromatic carbocycles. The third kappa shape index (κ3) is 11.6. The number of hydrogen-bond acceptors (Lipinski definition) is 10. The second-order valence-corrected chi connectivity index (χ2v) is 17.2. The standard InChI is InChI=1S/C42H30F12O8S2/c43-39(44,45)15-35(55)59-27-5-7-29(61-37(57)17-41(49,50)51)25-9-19(1-3-23(25)27)31-11-21-13-34-22(14-33(21)63-31)12-32(64-34)20-2-4-24-26(10-20)30(62-38(58)18-42(52,53)54)8-6-28(24)60-36(56)16-40(46,47)48/h1-4,9-14,27-30H,5-8,15-18H2. The summed E-state index contributed by atoms with van der Waals surface area (Å²) in [6.07, 6.45) is -32.4. The molecular formula is C42H30F12O8S2. The van der Waals surface area contributed by atoms with Gasteiger partial charge in [-0.1, -0.05) is 24.3 Å². The van der Waals surface area contributed by atoms with Gasteiger partial charge < -0.3 is 18.9 Å². The van der Waals surface area contributed by atoms with Gasteiger partial charge in [0.25, 0.3) is 0 Å². The molecule has 2 aromatic heterocycles. The lowest BCUT2D eigenvalue weighted by molar-refractivity contribution is -0.181. The van der Waals surface area contributed by atoms with Crippen molar-refractivity contribution in [3.8, 4) is 20.9 Å². The first kappa shape index (κ1) is 46.6. The molecule has 0 amide bonds. The highest BCUT2D eigenvalue weighted by molar-refractivity contribution is 7.23. The summed E-state index contributed by atoms with van der Waals surface area (Å²) in [4.78, 5) is 49.9. The average molecular weight is 955 g/mol. The molecule has 0 radical (unpaired) electrons. The zero-order valence-corrected chi connectivity index (χ0v) is 34.0. The molecule has 4 atom stereocenters. The van der Waals surface area contributed by atoms with E-state index in [9.17, 15) is 71.9 Å². The van der Waals surface area contributed by atoms with Crippen LogP contribution in [0.5, 0.6) is 0 Å². The maximum atomic E-state index is 13.0. The minimum Gasteiger partial charge on any atom is -0.457 e. The normalized spacial score (nSPS) is 19.2. The Morgan fingerprint density at radius 1 is 0.422 bits per heavy atom. The number of carbonyl (C=O) groups excluding carboxylic acids is 4. The van der Waals surface area contributed by atoms with Crippen LogP contribution in [0.3, 0.4) is 0 Å². The summed E-state index contributed by atoms with van der Waals surface area (Å²) in [5, 5.41) is 1.47. The first-order chi connectivity index (χ1) is 29.8. The van der Waals surface area contributed by atoms with Crippen molar-refractivity contribution in [3.63, 3.8) is 0 Å². The minimum absolute atomic E-state index is 0.135. The van der Waals surface area contributed by atoms with Gasteiger partial charge in [0.15, 0.2) is 0 Å². The van der Waals surface area contributed by atoms with Crippen molar-refractivity contribution >= 4 is 66.7 Å². The fourth-order valence-electron chi connectivity index (χ4n) is 7.63. The fourth-order valence-corrected chi connectivity index (χ4v) is 9.81. The molecule has 2 heterocycles. The van der Waals surface area contributed by atoms with Crippen LogP contribution in [0.1, 0.15) is 98.0 Å². The molecule has 0 aliphatic heterocycles. The molecular weight excluding hydrogens is 925 g/mol. The highest BCUT2D eigenvalue weighted by atomic mass is 32.1. The van der Waals surface area contributed by atoms with E-state index in [0.717, 1.165) is 20.2 Å². The zero-order valence-electron chi connectivity index (χ0n) is 32.4. The van der Waals surface area contributed by atoms with Crippen LogP contribution in [0, 0.1) is 0 Å².